The molecule has 3 nitrogen and oxygen atoms in total. The van der Waals surface area contributed by atoms with Crippen LogP contribution in [0.2, 0.25) is 0 Å². The summed E-state index contributed by atoms with van der Waals surface area (Å²) in [6.45, 7) is 6.52. The molecule has 0 spiro atoms. The van der Waals surface area contributed by atoms with Crippen LogP contribution in [0, 0.1) is 0 Å². The Hall–Kier alpha value is 0.0600. The molecule has 2 rings (SSSR count). The number of nitrogens with zero attached hydrogens (tertiary/aromatic N) is 2. The molecule has 0 unspecified atom stereocenters. The van der Waals surface area contributed by atoms with Gasteiger partial charge in [0.25, 0.3) is 0 Å². The van der Waals surface area contributed by atoms with Gasteiger partial charge in [-0.25, -0.2) is 0 Å². The summed E-state index contributed by atoms with van der Waals surface area (Å²) < 4.78 is 1.19. The van der Waals surface area contributed by atoms with E-state index < -0.39 is 0 Å². The summed E-state index contributed by atoms with van der Waals surface area (Å²) in [5.74, 6) is 0. The van der Waals surface area contributed by atoms with Crippen LogP contribution >= 0.6 is 27.3 Å². The van der Waals surface area contributed by atoms with Gasteiger partial charge in [0.2, 0.25) is 0 Å². The van der Waals surface area contributed by atoms with E-state index in [1.807, 2.05) is 11.3 Å². The molecule has 1 N–H and O–H groups in total. The molecule has 0 atom stereocenters. The lowest BCUT2D eigenvalue weighted by Crippen LogP contribution is -2.46. The highest BCUT2D eigenvalue weighted by Gasteiger charge is 2.16. The van der Waals surface area contributed by atoms with Crippen LogP contribution in [0.4, 0.5) is 0 Å². The second-order valence-corrected chi connectivity index (χ2v) is 5.98. The molecule has 2 heterocycles. The minimum Gasteiger partial charge on any atom is -0.395 e. The lowest BCUT2D eigenvalue weighted by molar-refractivity contribution is 0.109. The second kappa shape index (κ2) is 6.12. The predicted octanol–water partition coefficient (Wildman–Crippen LogP) is 1.62. The van der Waals surface area contributed by atoms with Crippen molar-refractivity contribution >= 4 is 27.3 Å². The van der Waals surface area contributed by atoms with Crippen molar-refractivity contribution in [2.75, 3.05) is 39.3 Å². The standard InChI is InChI=1S/C11H17BrN2OS/c12-10-7-11(16-9-10)8-14-3-1-13(2-4-14)5-6-15/h7,9,15H,1-6,8H2. The van der Waals surface area contributed by atoms with Crippen molar-refractivity contribution < 1.29 is 5.11 Å². The first-order valence-corrected chi connectivity index (χ1v) is 7.23. The predicted molar refractivity (Wildman–Crippen MR) is 70.8 cm³/mol. The smallest absolute Gasteiger partial charge is 0.0558 e. The molecular formula is C11H17BrN2OS. The summed E-state index contributed by atoms with van der Waals surface area (Å²) >= 11 is 5.30. The number of halogens is 1. The Morgan fingerprint density at radius 3 is 2.50 bits per heavy atom. The van der Waals surface area contributed by atoms with Crippen LogP contribution in [0.25, 0.3) is 0 Å². The zero-order valence-electron chi connectivity index (χ0n) is 9.23. The molecule has 1 fully saturated rings. The highest BCUT2D eigenvalue weighted by Crippen LogP contribution is 2.21. The van der Waals surface area contributed by atoms with Gasteiger partial charge in [-0.05, 0) is 22.0 Å². The number of rotatable bonds is 4. The average molecular weight is 305 g/mol. The zero-order valence-corrected chi connectivity index (χ0v) is 11.6. The molecule has 0 bridgehead atoms. The van der Waals surface area contributed by atoms with Crippen molar-refractivity contribution in [1.29, 1.82) is 0 Å². The van der Waals surface area contributed by atoms with Crippen LogP contribution in [0.1, 0.15) is 4.88 Å². The fourth-order valence-corrected chi connectivity index (χ4v) is 3.46. The average Bonchev–Trinajstić information content (AvgIpc) is 2.67. The first-order valence-electron chi connectivity index (χ1n) is 5.56. The monoisotopic (exact) mass is 304 g/mol. The lowest BCUT2D eigenvalue weighted by atomic mass is 10.3. The third-order valence-corrected chi connectivity index (χ3v) is 4.56. The van der Waals surface area contributed by atoms with Crippen LogP contribution in [-0.2, 0) is 6.54 Å². The minimum atomic E-state index is 0.276. The van der Waals surface area contributed by atoms with Gasteiger partial charge in [0.15, 0.2) is 0 Å². The van der Waals surface area contributed by atoms with Crippen molar-refractivity contribution in [3.63, 3.8) is 0 Å². The van der Waals surface area contributed by atoms with Gasteiger partial charge in [0.05, 0.1) is 6.61 Å². The van der Waals surface area contributed by atoms with Crippen LogP contribution in [0.15, 0.2) is 15.9 Å². The summed E-state index contributed by atoms with van der Waals surface area (Å²) in [6.07, 6.45) is 0. The SMILES string of the molecule is OCCN1CCN(Cc2cc(Br)cs2)CC1. The maximum absolute atomic E-state index is 8.86. The fraction of sp³-hybridized carbons (Fsp3) is 0.636. The Labute approximate surface area is 109 Å². The lowest BCUT2D eigenvalue weighted by Gasteiger charge is -2.34. The Morgan fingerprint density at radius 1 is 1.25 bits per heavy atom. The largest absolute Gasteiger partial charge is 0.395 e. The van der Waals surface area contributed by atoms with Crippen molar-refractivity contribution in [2.24, 2.45) is 0 Å². The molecule has 90 valence electrons. The molecule has 1 aliphatic heterocycles. The third-order valence-electron chi connectivity index (χ3n) is 2.88. The maximum atomic E-state index is 8.86. The van der Waals surface area contributed by atoms with E-state index in [1.165, 1.54) is 9.35 Å². The third kappa shape index (κ3) is 3.53. The number of hydrogen-bond acceptors (Lipinski definition) is 4. The molecule has 16 heavy (non-hydrogen) atoms. The van der Waals surface area contributed by atoms with Gasteiger partial charge >= 0.3 is 0 Å². The number of piperazine rings is 1. The Kier molecular flexibility index (Phi) is 4.79. The summed E-state index contributed by atoms with van der Waals surface area (Å²) in [5.41, 5.74) is 0. The van der Waals surface area contributed by atoms with Gasteiger partial charge in [0, 0.05) is 54.0 Å². The van der Waals surface area contributed by atoms with E-state index >= 15 is 0 Å². The topological polar surface area (TPSA) is 26.7 Å². The van der Waals surface area contributed by atoms with Gasteiger partial charge in [-0.3, -0.25) is 9.80 Å². The zero-order chi connectivity index (χ0) is 11.4. The first-order chi connectivity index (χ1) is 7.78. The van der Waals surface area contributed by atoms with Gasteiger partial charge in [-0.15, -0.1) is 11.3 Å². The molecule has 0 radical (unpaired) electrons. The molecule has 0 saturated carbocycles. The number of hydrogen-bond donors (Lipinski definition) is 1. The normalized spacial score (nSPS) is 19.1. The highest BCUT2D eigenvalue weighted by molar-refractivity contribution is 9.10. The van der Waals surface area contributed by atoms with Gasteiger partial charge in [-0.2, -0.15) is 0 Å². The molecule has 1 aromatic heterocycles. The maximum Gasteiger partial charge on any atom is 0.0558 e. The Morgan fingerprint density at radius 2 is 1.94 bits per heavy atom. The molecule has 0 aromatic carbocycles. The van der Waals surface area contributed by atoms with E-state index in [9.17, 15) is 0 Å². The molecule has 0 aliphatic carbocycles. The molecule has 1 aliphatic rings. The molecule has 0 amide bonds. The van der Waals surface area contributed by atoms with Gasteiger partial charge in [-0.1, -0.05) is 0 Å². The number of aliphatic hydroxyl groups excluding tert-OH is 1. The van der Waals surface area contributed by atoms with Crippen LogP contribution in [0.3, 0.4) is 0 Å². The van der Waals surface area contributed by atoms with Crippen molar-refractivity contribution in [1.82, 2.24) is 9.80 Å². The van der Waals surface area contributed by atoms with E-state index in [-0.39, 0.29) is 6.61 Å². The highest BCUT2D eigenvalue weighted by atomic mass is 79.9. The first kappa shape index (κ1) is 12.5. The van der Waals surface area contributed by atoms with Crippen LogP contribution in [-0.4, -0.2) is 54.2 Å². The molecule has 5 heteroatoms. The summed E-state index contributed by atoms with van der Waals surface area (Å²) in [4.78, 5) is 6.22. The van der Waals surface area contributed by atoms with Gasteiger partial charge in [0.1, 0.15) is 0 Å². The summed E-state index contributed by atoms with van der Waals surface area (Å²) in [5, 5.41) is 11.0. The van der Waals surface area contributed by atoms with Crippen molar-refractivity contribution in [3.05, 3.63) is 20.8 Å². The quantitative estimate of drug-likeness (QED) is 0.916. The van der Waals surface area contributed by atoms with Crippen molar-refractivity contribution in [3.8, 4) is 0 Å². The molecule has 1 aromatic rings. The van der Waals surface area contributed by atoms with E-state index in [2.05, 4.69) is 37.2 Å². The number of β-amino-alcohol motifs (C(OH)–C–C–N with tert-alkyl or cyclic N) is 1. The van der Waals surface area contributed by atoms with E-state index in [1.54, 1.807) is 0 Å². The van der Waals surface area contributed by atoms with Gasteiger partial charge < -0.3 is 5.11 Å². The minimum absolute atomic E-state index is 0.276. The van der Waals surface area contributed by atoms with E-state index in [4.69, 9.17) is 5.11 Å². The summed E-state index contributed by atoms with van der Waals surface area (Å²) in [7, 11) is 0. The number of thiophene rings is 1. The molecular weight excluding hydrogens is 288 g/mol. The van der Waals surface area contributed by atoms with E-state index in [0.29, 0.717) is 0 Å². The number of aliphatic hydroxyl groups is 1. The second-order valence-electron chi connectivity index (χ2n) is 4.07. The summed E-state index contributed by atoms with van der Waals surface area (Å²) in [6, 6.07) is 2.20. The van der Waals surface area contributed by atoms with Crippen LogP contribution in [0.5, 0.6) is 0 Å². The Balaban J connectivity index is 1.77. The van der Waals surface area contributed by atoms with Crippen LogP contribution < -0.4 is 0 Å². The van der Waals surface area contributed by atoms with Crippen molar-refractivity contribution in [2.45, 2.75) is 6.54 Å². The van der Waals surface area contributed by atoms with E-state index in [0.717, 1.165) is 39.3 Å². The molecule has 1 saturated heterocycles. The fourth-order valence-electron chi connectivity index (χ4n) is 1.97. The Bertz CT molecular complexity index is 324.